The van der Waals surface area contributed by atoms with Crippen molar-refractivity contribution in [2.24, 2.45) is 0 Å². The van der Waals surface area contributed by atoms with Crippen LogP contribution in [0.15, 0.2) is 54.6 Å². The Kier molecular flexibility index (Phi) is 5.71. The number of carbonyl (C=O) groups is 1. The molecule has 0 unspecified atom stereocenters. The molecule has 3 aromatic rings. The number of hydrogen-bond acceptors (Lipinski definition) is 4. The summed E-state index contributed by atoms with van der Waals surface area (Å²) in [6, 6.07) is 18.1. The third-order valence-electron chi connectivity index (χ3n) is 5.53. The second kappa shape index (κ2) is 8.57. The summed E-state index contributed by atoms with van der Waals surface area (Å²) in [5.41, 5.74) is 3.30. The van der Waals surface area contributed by atoms with Gasteiger partial charge in [-0.1, -0.05) is 49.4 Å². The fourth-order valence-electron chi connectivity index (χ4n) is 3.93. The van der Waals surface area contributed by atoms with E-state index >= 15 is 0 Å². The Morgan fingerprint density at radius 3 is 2.48 bits per heavy atom. The minimum absolute atomic E-state index is 0.0344. The minimum Gasteiger partial charge on any atom is -0.347 e. The van der Waals surface area contributed by atoms with E-state index in [0.717, 1.165) is 37.7 Å². The van der Waals surface area contributed by atoms with Crippen molar-refractivity contribution in [2.45, 2.75) is 38.8 Å². The number of H-pyrrole nitrogens is 1. The van der Waals surface area contributed by atoms with Crippen LogP contribution in [-0.2, 0) is 13.0 Å². The zero-order valence-electron chi connectivity index (χ0n) is 16.9. The maximum Gasteiger partial charge on any atom is 0.251 e. The Hall–Kier alpha value is -2.99. The summed E-state index contributed by atoms with van der Waals surface area (Å²) in [7, 11) is 0. The third kappa shape index (κ3) is 4.54. The quantitative estimate of drug-likeness (QED) is 0.680. The van der Waals surface area contributed by atoms with Gasteiger partial charge in [0.05, 0.1) is 12.0 Å². The van der Waals surface area contributed by atoms with Crippen molar-refractivity contribution in [1.29, 1.82) is 0 Å². The number of likely N-dealkylation sites (tertiary alicyclic amines) is 1. The summed E-state index contributed by atoms with van der Waals surface area (Å²) in [5, 5.41) is 10.5. The fraction of sp³-hybridized carbons (Fsp3) is 0.348. The van der Waals surface area contributed by atoms with Gasteiger partial charge in [-0.15, -0.1) is 0 Å². The molecule has 6 heteroatoms. The van der Waals surface area contributed by atoms with Gasteiger partial charge in [0.15, 0.2) is 5.82 Å². The van der Waals surface area contributed by atoms with Crippen molar-refractivity contribution in [3.8, 4) is 0 Å². The largest absolute Gasteiger partial charge is 0.347 e. The molecule has 1 aromatic heterocycles. The minimum atomic E-state index is -0.0537. The average Bonchev–Trinajstić information content (AvgIpc) is 3.35. The van der Waals surface area contributed by atoms with Crippen molar-refractivity contribution in [3.63, 3.8) is 0 Å². The molecule has 4 rings (SSSR count). The highest BCUT2D eigenvalue weighted by molar-refractivity contribution is 5.94. The first-order chi connectivity index (χ1) is 14.1. The first kappa shape index (κ1) is 19.3. The van der Waals surface area contributed by atoms with Crippen LogP contribution in [0.2, 0.25) is 0 Å². The number of benzene rings is 2. The number of aromatic nitrogens is 3. The molecule has 150 valence electrons. The maximum atomic E-state index is 12.7. The topological polar surface area (TPSA) is 73.9 Å². The zero-order chi connectivity index (χ0) is 20.2. The summed E-state index contributed by atoms with van der Waals surface area (Å²) in [4.78, 5) is 19.7. The van der Waals surface area contributed by atoms with Gasteiger partial charge in [-0.2, -0.15) is 5.10 Å². The van der Waals surface area contributed by atoms with Crippen molar-refractivity contribution in [1.82, 2.24) is 25.4 Å². The van der Waals surface area contributed by atoms with Gasteiger partial charge in [-0.25, -0.2) is 4.98 Å². The number of amides is 1. The molecule has 0 radical (unpaired) electrons. The molecule has 0 spiro atoms. The van der Waals surface area contributed by atoms with Gasteiger partial charge in [0.1, 0.15) is 5.82 Å². The van der Waals surface area contributed by atoms with E-state index in [4.69, 9.17) is 0 Å². The van der Waals surface area contributed by atoms with Gasteiger partial charge in [0, 0.05) is 25.2 Å². The Morgan fingerprint density at radius 2 is 1.83 bits per heavy atom. The molecule has 2 N–H and O–H groups in total. The Morgan fingerprint density at radius 1 is 1.10 bits per heavy atom. The number of hydrogen-bond donors (Lipinski definition) is 2. The molecule has 0 saturated carbocycles. The molecular formula is C23H27N5O. The van der Waals surface area contributed by atoms with Crippen molar-refractivity contribution < 1.29 is 4.79 Å². The standard InChI is InChI=1S/C23H27N5O/c1-3-17-9-11-18(12-10-17)13-28-14-20(22-24-16(2)26-27-22)21(15-28)25-23(29)19-7-5-4-6-8-19/h4-12,20-21H,3,13-15H2,1-2H3,(H,25,29)(H,24,26,27)/t20-,21-/m1/s1. The second-order valence-corrected chi connectivity index (χ2v) is 7.70. The van der Waals surface area contributed by atoms with E-state index in [9.17, 15) is 4.79 Å². The molecule has 1 aliphatic rings. The lowest BCUT2D eigenvalue weighted by Crippen LogP contribution is -2.40. The predicted molar refractivity (Wildman–Crippen MR) is 113 cm³/mol. The molecule has 1 saturated heterocycles. The normalized spacial score (nSPS) is 19.4. The molecule has 6 nitrogen and oxygen atoms in total. The smallest absolute Gasteiger partial charge is 0.251 e. The van der Waals surface area contributed by atoms with E-state index in [1.54, 1.807) is 0 Å². The summed E-state index contributed by atoms with van der Waals surface area (Å²) in [6.07, 6.45) is 1.05. The molecule has 1 aliphatic heterocycles. The van der Waals surface area contributed by atoms with Crippen LogP contribution in [0, 0.1) is 6.92 Å². The van der Waals surface area contributed by atoms with E-state index in [0.29, 0.717) is 5.56 Å². The fourth-order valence-corrected chi connectivity index (χ4v) is 3.93. The molecule has 2 aromatic carbocycles. The van der Waals surface area contributed by atoms with E-state index in [2.05, 4.69) is 56.6 Å². The van der Waals surface area contributed by atoms with E-state index in [-0.39, 0.29) is 17.9 Å². The number of carbonyl (C=O) groups excluding carboxylic acids is 1. The number of nitrogens with one attached hydrogen (secondary N) is 2. The first-order valence-corrected chi connectivity index (χ1v) is 10.2. The van der Waals surface area contributed by atoms with Crippen molar-refractivity contribution in [3.05, 3.63) is 82.9 Å². The highest BCUT2D eigenvalue weighted by Crippen LogP contribution is 2.27. The second-order valence-electron chi connectivity index (χ2n) is 7.70. The highest BCUT2D eigenvalue weighted by Gasteiger charge is 2.37. The van der Waals surface area contributed by atoms with Crippen LogP contribution in [0.4, 0.5) is 0 Å². The van der Waals surface area contributed by atoms with Crippen molar-refractivity contribution in [2.75, 3.05) is 13.1 Å². The van der Waals surface area contributed by atoms with Gasteiger partial charge in [-0.3, -0.25) is 14.8 Å². The molecular weight excluding hydrogens is 362 g/mol. The SMILES string of the molecule is CCc1ccc(CN2C[C@@H](NC(=O)c3ccccc3)[C@H](c3n[nH]c(C)n3)C2)cc1. The Labute approximate surface area is 171 Å². The lowest BCUT2D eigenvalue weighted by atomic mass is 10.0. The number of aryl methyl sites for hydroxylation is 2. The first-order valence-electron chi connectivity index (χ1n) is 10.2. The lowest BCUT2D eigenvalue weighted by molar-refractivity contribution is 0.0934. The molecule has 2 heterocycles. The maximum absolute atomic E-state index is 12.7. The van der Waals surface area contributed by atoms with E-state index < -0.39 is 0 Å². The van der Waals surface area contributed by atoms with Gasteiger partial charge in [0.2, 0.25) is 0 Å². The molecule has 1 fully saturated rings. The van der Waals surface area contributed by atoms with Crippen molar-refractivity contribution >= 4 is 5.91 Å². The third-order valence-corrected chi connectivity index (χ3v) is 5.53. The van der Waals surface area contributed by atoms with Crippen LogP contribution in [0.5, 0.6) is 0 Å². The van der Waals surface area contributed by atoms with Gasteiger partial charge >= 0.3 is 0 Å². The monoisotopic (exact) mass is 389 g/mol. The van der Waals surface area contributed by atoms with Crippen LogP contribution in [0.25, 0.3) is 0 Å². The average molecular weight is 390 g/mol. The molecule has 0 bridgehead atoms. The van der Waals surface area contributed by atoms with Crippen LogP contribution in [0.1, 0.15) is 46.0 Å². The van der Waals surface area contributed by atoms with Crippen LogP contribution in [-0.4, -0.2) is 45.1 Å². The lowest BCUT2D eigenvalue weighted by Gasteiger charge is -2.18. The van der Waals surface area contributed by atoms with E-state index in [1.165, 1.54) is 11.1 Å². The zero-order valence-corrected chi connectivity index (χ0v) is 16.9. The number of rotatable bonds is 6. The van der Waals surface area contributed by atoms with Gasteiger partial charge < -0.3 is 5.32 Å². The number of aromatic amines is 1. The van der Waals surface area contributed by atoms with Gasteiger partial charge in [0.25, 0.3) is 5.91 Å². The Balaban J connectivity index is 1.50. The summed E-state index contributed by atoms with van der Waals surface area (Å²) in [5.74, 6) is 1.57. The highest BCUT2D eigenvalue weighted by atomic mass is 16.1. The number of nitrogens with zero attached hydrogens (tertiary/aromatic N) is 3. The summed E-state index contributed by atoms with van der Waals surface area (Å²) >= 11 is 0. The summed E-state index contributed by atoms with van der Waals surface area (Å²) < 4.78 is 0. The molecule has 0 aliphatic carbocycles. The van der Waals surface area contributed by atoms with Crippen LogP contribution in [0.3, 0.4) is 0 Å². The molecule has 2 atom stereocenters. The van der Waals surface area contributed by atoms with Crippen LogP contribution < -0.4 is 5.32 Å². The molecule has 29 heavy (non-hydrogen) atoms. The van der Waals surface area contributed by atoms with Crippen LogP contribution >= 0.6 is 0 Å². The molecule has 1 amide bonds. The Bertz CT molecular complexity index is 951. The summed E-state index contributed by atoms with van der Waals surface area (Å²) in [6.45, 7) is 6.50. The predicted octanol–water partition coefficient (Wildman–Crippen LogP) is 3.07. The van der Waals surface area contributed by atoms with Gasteiger partial charge in [-0.05, 0) is 36.6 Å². The van der Waals surface area contributed by atoms with E-state index in [1.807, 2.05) is 37.3 Å².